The summed E-state index contributed by atoms with van der Waals surface area (Å²) in [6.45, 7) is 0. The fourth-order valence-corrected chi connectivity index (χ4v) is 3.06. The van der Waals surface area contributed by atoms with Crippen LogP contribution < -0.4 is 14.9 Å². The first kappa shape index (κ1) is 16.6. The Hall–Kier alpha value is -2.24. The molecule has 0 unspecified atom stereocenters. The zero-order valence-corrected chi connectivity index (χ0v) is 14.5. The van der Waals surface area contributed by atoms with Crippen molar-refractivity contribution in [2.24, 2.45) is 5.10 Å². The molecule has 0 saturated heterocycles. The van der Waals surface area contributed by atoms with Crippen LogP contribution in [0.4, 0.5) is 0 Å². The van der Waals surface area contributed by atoms with Crippen molar-refractivity contribution in [2.45, 2.75) is 6.42 Å². The summed E-state index contributed by atoms with van der Waals surface area (Å²) in [4.78, 5) is 12.0. The van der Waals surface area contributed by atoms with Crippen molar-refractivity contribution >= 4 is 34.8 Å². The van der Waals surface area contributed by atoms with Gasteiger partial charge in [-0.2, -0.15) is 5.10 Å². The van der Waals surface area contributed by atoms with E-state index in [1.807, 2.05) is 0 Å². The molecule has 1 heterocycles. The lowest BCUT2D eigenvalue weighted by Gasteiger charge is -2.15. The van der Waals surface area contributed by atoms with E-state index in [4.69, 9.17) is 32.7 Å². The van der Waals surface area contributed by atoms with Crippen LogP contribution in [0.2, 0.25) is 10.0 Å². The van der Waals surface area contributed by atoms with Crippen molar-refractivity contribution < 1.29 is 14.3 Å². The van der Waals surface area contributed by atoms with Gasteiger partial charge >= 0.3 is 0 Å². The molecule has 1 N–H and O–H groups in total. The van der Waals surface area contributed by atoms with Crippen molar-refractivity contribution in [1.29, 1.82) is 0 Å². The molecule has 5 nitrogen and oxygen atoms in total. The number of amides is 1. The van der Waals surface area contributed by atoms with Crippen LogP contribution in [0, 0.1) is 0 Å². The Morgan fingerprint density at radius 2 is 1.75 bits per heavy atom. The first-order valence-electron chi connectivity index (χ1n) is 7.10. The standard InChI is InChI=1S/C17H14Cl2N2O3/c1-23-14-5-9-6-16(22)20-21-17(12(9)8-15(14)24-2)11-4-3-10(18)7-13(11)19/h3-5,7-8H,6H2,1-2H3,(H,20,22). The summed E-state index contributed by atoms with van der Waals surface area (Å²) in [5.41, 5.74) is 5.25. The number of nitrogens with one attached hydrogen (secondary N) is 1. The van der Waals surface area contributed by atoms with Crippen molar-refractivity contribution in [3.8, 4) is 11.5 Å². The maximum Gasteiger partial charge on any atom is 0.244 e. The molecule has 7 heteroatoms. The Balaban J connectivity index is 2.23. The zero-order valence-electron chi connectivity index (χ0n) is 13.0. The van der Waals surface area contributed by atoms with E-state index >= 15 is 0 Å². The highest BCUT2D eigenvalue weighted by Gasteiger charge is 2.23. The Kier molecular flexibility index (Phi) is 4.64. The third-order valence-electron chi connectivity index (χ3n) is 3.69. The van der Waals surface area contributed by atoms with Crippen LogP contribution in [-0.4, -0.2) is 25.8 Å². The highest BCUT2D eigenvalue weighted by Crippen LogP contribution is 2.34. The summed E-state index contributed by atoms with van der Waals surface area (Å²) < 4.78 is 10.7. The van der Waals surface area contributed by atoms with Gasteiger partial charge in [0.05, 0.1) is 31.4 Å². The van der Waals surface area contributed by atoms with E-state index in [-0.39, 0.29) is 12.3 Å². The molecule has 0 fully saturated rings. The van der Waals surface area contributed by atoms with E-state index in [1.165, 1.54) is 0 Å². The van der Waals surface area contributed by atoms with E-state index in [9.17, 15) is 4.79 Å². The minimum Gasteiger partial charge on any atom is -0.493 e. The molecule has 2 aromatic carbocycles. The van der Waals surface area contributed by atoms with Crippen LogP contribution in [0.1, 0.15) is 16.7 Å². The number of hydrogen-bond acceptors (Lipinski definition) is 4. The average Bonchev–Trinajstić information content (AvgIpc) is 2.71. The third-order valence-corrected chi connectivity index (χ3v) is 4.24. The molecule has 124 valence electrons. The molecule has 0 aromatic heterocycles. The van der Waals surface area contributed by atoms with Gasteiger partial charge < -0.3 is 9.47 Å². The largest absolute Gasteiger partial charge is 0.493 e. The van der Waals surface area contributed by atoms with E-state index in [0.29, 0.717) is 32.8 Å². The number of methoxy groups -OCH3 is 2. The van der Waals surface area contributed by atoms with Crippen LogP contribution in [-0.2, 0) is 11.2 Å². The van der Waals surface area contributed by atoms with Crippen LogP contribution in [0.15, 0.2) is 35.4 Å². The normalized spacial score (nSPS) is 13.5. The lowest BCUT2D eigenvalue weighted by molar-refractivity contribution is -0.120. The van der Waals surface area contributed by atoms with Gasteiger partial charge in [0.25, 0.3) is 0 Å². The maximum atomic E-state index is 12.0. The van der Waals surface area contributed by atoms with Gasteiger partial charge in [0.15, 0.2) is 11.5 Å². The Labute approximate surface area is 149 Å². The summed E-state index contributed by atoms with van der Waals surface area (Å²) in [6.07, 6.45) is 0.175. The van der Waals surface area contributed by atoms with Crippen molar-refractivity contribution in [2.75, 3.05) is 14.2 Å². The minimum absolute atomic E-state index is 0.175. The third kappa shape index (κ3) is 3.05. The Bertz CT molecular complexity index is 850. The second-order valence-electron chi connectivity index (χ2n) is 5.16. The predicted octanol–water partition coefficient (Wildman–Crippen LogP) is 3.44. The molecule has 0 saturated carbocycles. The van der Waals surface area contributed by atoms with Gasteiger partial charge in [0.1, 0.15) is 0 Å². The van der Waals surface area contributed by atoms with Crippen LogP contribution >= 0.6 is 23.2 Å². The monoisotopic (exact) mass is 364 g/mol. The number of carbonyl (C=O) groups is 1. The number of hydrogen-bond donors (Lipinski definition) is 1. The smallest absolute Gasteiger partial charge is 0.244 e. The highest BCUT2D eigenvalue weighted by molar-refractivity contribution is 6.38. The van der Waals surface area contributed by atoms with Crippen molar-refractivity contribution in [1.82, 2.24) is 5.43 Å². The van der Waals surface area contributed by atoms with Crippen LogP contribution in [0.5, 0.6) is 11.5 Å². The quantitative estimate of drug-likeness (QED) is 0.907. The fraction of sp³-hybridized carbons (Fsp3) is 0.176. The number of benzene rings is 2. The number of nitrogens with zero attached hydrogens (tertiary/aromatic N) is 1. The van der Waals surface area contributed by atoms with Crippen LogP contribution in [0.3, 0.4) is 0 Å². The summed E-state index contributed by atoms with van der Waals surface area (Å²) in [7, 11) is 3.10. The second kappa shape index (κ2) is 6.71. The van der Waals surface area contributed by atoms with E-state index in [2.05, 4.69) is 10.5 Å². The Morgan fingerprint density at radius 3 is 2.42 bits per heavy atom. The van der Waals surface area contributed by atoms with Crippen LogP contribution in [0.25, 0.3) is 0 Å². The van der Waals surface area contributed by atoms with E-state index in [0.717, 1.165) is 11.1 Å². The molecular formula is C17H14Cl2N2O3. The summed E-state index contributed by atoms with van der Waals surface area (Å²) in [5.74, 6) is 0.874. The van der Waals surface area contributed by atoms with E-state index < -0.39 is 0 Å². The lowest BCUT2D eigenvalue weighted by Crippen LogP contribution is -2.18. The minimum atomic E-state index is -0.219. The first-order valence-corrected chi connectivity index (χ1v) is 7.86. The lowest BCUT2D eigenvalue weighted by atomic mass is 9.95. The molecule has 0 bridgehead atoms. The fourth-order valence-electron chi connectivity index (χ4n) is 2.57. The zero-order chi connectivity index (χ0) is 17.3. The molecule has 1 amide bonds. The molecule has 1 aliphatic heterocycles. The topological polar surface area (TPSA) is 59.9 Å². The molecule has 3 rings (SSSR count). The molecule has 24 heavy (non-hydrogen) atoms. The van der Waals surface area contributed by atoms with Crippen molar-refractivity contribution in [3.05, 3.63) is 57.1 Å². The van der Waals surface area contributed by atoms with Gasteiger partial charge in [-0.15, -0.1) is 0 Å². The van der Waals surface area contributed by atoms with E-state index in [1.54, 1.807) is 44.6 Å². The number of hydrazone groups is 1. The van der Waals surface area contributed by atoms with Gasteiger partial charge in [0, 0.05) is 16.1 Å². The number of fused-ring (bicyclic) bond motifs is 1. The van der Waals surface area contributed by atoms with Gasteiger partial charge in [-0.3, -0.25) is 4.79 Å². The summed E-state index contributed by atoms with van der Waals surface area (Å²) in [5, 5.41) is 5.20. The van der Waals surface area contributed by atoms with Gasteiger partial charge in [-0.05, 0) is 35.9 Å². The molecule has 0 radical (unpaired) electrons. The highest BCUT2D eigenvalue weighted by atomic mass is 35.5. The Morgan fingerprint density at radius 1 is 1.04 bits per heavy atom. The first-order chi connectivity index (χ1) is 11.5. The number of carbonyl (C=O) groups excluding carboxylic acids is 1. The molecule has 0 aliphatic carbocycles. The SMILES string of the molecule is COc1cc2c(cc1OC)C(c1ccc(Cl)cc1Cl)=NNC(=O)C2. The van der Waals surface area contributed by atoms with Crippen molar-refractivity contribution in [3.63, 3.8) is 0 Å². The second-order valence-corrected chi connectivity index (χ2v) is 6.00. The number of ether oxygens (including phenoxy) is 2. The van der Waals surface area contributed by atoms with Gasteiger partial charge in [0.2, 0.25) is 5.91 Å². The molecule has 0 atom stereocenters. The molecule has 1 aliphatic rings. The molecular weight excluding hydrogens is 351 g/mol. The molecule has 0 spiro atoms. The number of halogens is 2. The molecule has 2 aromatic rings. The van der Waals surface area contributed by atoms with Gasteiger partial charge in [-0.1, -0.05) is 23.2 Å². The summed E-state index contributed by atoms with van der Waals surface area (Å²) in [6, 6.07) is 8.69. The van der Waals surface area contributed by atoms with Gasteiger partial charge in [-0.25, -0.2) is 5.43 Å². The number of rotatable bonds is 3. The average molecular weight is 365 g/mol. The maximum absolute atomic E-state index is 12.0. The predicted molar refractivity (Wildman–Crippen MR) is 93.5 cm³/mol. The summed E-state index contributed by atoms with van der Waals surface area (Å²) >= 11 is 12.3.